The highest BCUT2D eigenvalue weighted by molar-refractivity contribution is 5.84. The molecule has 21 heavy (non-hydrogen) atoms. The number of nitrogens with zero attached hydrogens (tertiary/aromatic N) is 1. The average Bonchev–Trinajstić information content (AvgIpc) is 2.53. The molecule has 3 nitrogen and oxygen atoms in total. The summed E-state index contributed by atoms with van der Waals surface area (Å²) < 4.78 is 5.88. The molecule has 1 heterocycles. The number of ether oxygens (including phenoxy) is 1. The van der Waals surface area contributed by atoms with Crippen LogP contribution >= 0.6 is 0 Å². The van der Waals surface area contributed by atoms with Crippen LogP contribution in [0.3, 0.4) is 0 Å². The van der Waals surface area contributed by atoms with Crippen molar-refractivity contribution in [3.8, 4) is 5.75 Å². The summed E-state index contributed by atoms with van der Waals surface area (Å²) in [5, 5.41) is 1.11. The van der Waals surface area contributed by atoms with Gasteiger partial charge < -0.3 is 10.5 Å². The summed E-state index contributed by atoms with van der Waals surface area (Å²) in [6, 6.07) is 18.0. The van der Waals surface area contributed by atoms with Gasteiger partial charge in [-0.15, -0.1) is 0 Å². The highest BCUT2D eigenvalue weighted by Crippen LogP contribution is 2.23. The maximum atomic E-state index is 5.88. The van der Waals surface area contributed by atoms with Crippen molar-refractivity contribution in [3.05, 3.63) is 66.4 Å². The van der Waals surface area contributed by atoms with Crippen molar-refractivity contribution in [1.29, 1.82) is 0 Å². The molecule has 0 radical (unpaired) electrons. The van der Waals surface area contributed by atoms with Crippen molar-refractivity contribution in [1.82, 2.24) is 4.98 Å². The number of nitrogens with two attached hydrogens (primary N) is 1. The van der Waals surface area contributed by atoms with Gasteiger partial charge in [0.05, 0.1) is 6.61 Å². The number of pyridine rings is 1. The molecule has 0 saturated heterocycles. The third-order valence-corrected chi connectivity index (χ3v) is 3.44. The summed E-state index contributed by atoms with van der Waals surface area (Å²) in [5.41, 5.74) is 8.69. The first-order valence-electron chi connectivity index (χ1n) is 7.14. The number of hydrogen-bond donors (Lipinski definition) is 1. The lowest BCUT2D eigenvalue weighted by Crippen LogP contribution is -2.00. The van der Waals surface area contributed by atoms with E-state index in [1.807, 2.05) is 42.5 Å². The minimum absolute atomic E-state index is 0.681. The van der Waals surface area contributed by atoms with Crippen LogP contribution < -0.4 is 10.5 Å². The summed E-state index contributed by atoms with van der Waals surface area (Å²) in [4.78, 5) is 4.39. The fourth-order valence-corrected chi connectivity index (χ4v) is 2.34. The Morgan fingerprint density at radius 3 is 2.62 bits per heavy atom. The van der Waals surface area contributed by atoms with Gasteiger partial charge in [0.15, 0.2) is 0 Å². The lowest BCUT2D eigenvalue weighted by atomic mass is 10.1. The number of rotatable bonds is 5. The molecule has 0 aliphatic rings. The van der Waals surface area contributed by atoms with Crippen molar-refractivity contribution in [3.63, 3.8) is 0 Å². The third kappa shape index (κ3) is 3.31. The van der Waals surface area contributed by atoms with E-state index < -0.39 is 0 Å². The number of aryl methyl sites for hydroxylation is 1. The fourth-order valence-electron chi connectivity index (χ4n) is 2.34. The Morgan fingerprint density at radius 2 is 1.76 bits per heavy atom. The number of hydrogen-bond acceptors (Lipinski definition) is 3. The van der Waals surface area contributed by atoms with Gasteiger partial charge in [-0.2, -0.15) is 0 Å². The van der Waals surface area contributed by atoms with Gasteiger partial charge in [-0.1, -0.05) is 30.3 Å². The zero-order chi connectivity index (χ0) is 14.5. The number of benzene rings is 2. The van der Waals surface area contributed by atoms with Gasteiger partial charge >= 0.3 is 0 Å². The normalized spacial score (nSPS) is 10.7. The number of para-hydroxylation sites is 1. The molecule has 106 valence electrons. The quantitative estimate of drug-likeness (QED) is 0.570. The summed E-state index contributed by atoms with van der Waals surface area (Å²) in [6.07, 6.45) is 3.75. The van der Waals surface area contributed by atoms with E-state index in [9.17, 15) is 0 Å². The van der Waals surface area contributed by atoms with Crippen LogP contribution in [0.1, 0.15) is 12.0 Å². The van der Waals surface area contributed by atoms with Gasteiger partial charge in [-0.3, -0.25) is 4.98 Å². The third-order valence-electron chi connectivity index (χ3n) is 3.44. The predicted molar refractivity (Wildman–Crippen MR) is 86.4 cm³/mol. The van der Waals surface area contributed by atoms with Gasteiger partial charge in [0.2, 0.25) is 0 Å². The van der Waals surface area contributed by atoms with E-state index in [0.29, 0.717) is 6.61 Å². The van der Waals surface area contributed by atoms with Crippen molar-refractivity contribution in [2.24, 2.45) is 0 Å². The van der Waals surface area contributed by atoms with Crippen LogP contribution in [0, 0.1) is 0 Å². The van der Waals surface area contributed by atoms with Crippen LogP contribution in [0.25, 0.3) is 10.9 Å². The maximum absolute atomic E-state index is 5.88. The highest BCUT2D eigenvalue weighted by Gasteiger charge is 2.02. The molecular formula is C18H18N2O. The zero-order valence-corrected chi connectivity index (χ0v) is 11.8. The van der Waals surface area contributed by atoms with Crippen LogP contribution in [0.5, 0.6) is 5.75 Å². The van der Waals surface area contributed by atoms with Crippen molar-refractivity contribution < 1.29 is 4.74 Å². The lowest BCUT2D eigenvalue weighted by molar-refractivity contribution is 0.314. The molecule has 0 unspecified atom stereocenters. The van der Waals surface area contributed by atoms with Crippen LogP contribution in [0.4, 0.5) is 5.69 Å². The number of nitrogen functional groups attached to an aromatic ring is 1. The van der Waals surface area contributed by atoms with E-state index in [1.165, 1.54) is 5.56 Å². The second kappa shape index (κ2) is 6.27. The number of aromatic nitrogens is 1. The Balaban J connectivity index is 1.58. The molecule has 0 bridgehead atoms. The molecular weight excluding hydrogens is 260 g/mol. The minimum Gasteiger partial charge on any atom is -0.491 e. The van der Waals surface area contributed by atoms with E-state index in [0.717, 1.165) is 35.2 Å². The largest absolute Gasteiger partial charge is 0.491 e. The van der Waals surface area contributed by atoms with Gasteiger partial charge in [0.25, 0.3) is 0 Å². The van der Waals surface area contributed by atoms with E-state index in [2.05, 4.69) is 17.1 Å². The summed E-state index contributed by atoms with van der Waals surface area (Å²) in [6.45, 7) is 0.681. The Kier molecular flexibility index (Phi) is 4.01. The number of anilines is 1. The molecule has 0 fully saturated rings. The van der Waals surface area contributed by atoms with Crippen molar-refractivity contribution in [2.75, 3.05) is 12.3 Å². The van der Waals surface area contributed by atoms with Gasteiger partial charge in [-0.05, 0) is 42.7 Å². The van der Waals surface area contributed by atoms with E-state index in [1.54, 1.807) is 6.20 Å². The van der Waals surface area contributed by atoms with Crippen molar-refractivity contribution in [2.45, 2.75) is 12.8 Å². The first kappa shape index (κ1) is 13.4. The molecule has 0 atom stereocenters. The summed E-state index contributed by atoms with van der Waals surface area (Å²) in [5.74, 6) is 0.852. The zero-order valence-electron chi connectivity index (χ0n) is 11.8. The van der Waals surface area contributed by atoms with Crippen LogP contribution in [-0.4, -0.2) is 11.6 Å². The molecule has 0 aliphatic heterocycles. The van der Waals surface area contributed by atoms with Gasteiger partial charge in [0.1, 0.15) is 11.3 Å². The second-order valence-electron chi connectivity index (χ2n) is 5.02. The van der Waals surface area contributed by atoms with Gasteiger partial charge in [-0.25, -0.2) is 0 Å². The number of fused-ring (bicyclic) bond motifs is 1. The lowest BCUT2D eigenvalue weighted by Gasteiger charge is -2.08. The molecule has 0 saturated carbocycles. The topological polar surface area (TPSA) is 48.1 Å². The molecule has 2 N–H and O–H groups in total. The maximum Gasteiger partial charge on any atom is 0.145 e. The van der Waals surface area contributed by atoms with Crippen LogP contribution in [0.2, 0.25) is 0 Å². The fraction of sp³-hybridized carbons (Fsp3) is 0.167. The predicted octanol–water partition coefficient (Wildman–Crippen LogP) is 3.83. The second-order valence-corrected chi connectivity index (χ2v) is 5.02. The highest BCUT2D eigenvalue weighted by atomic mass is 16.5. The molecule has 0 aliphatic carbocycles. The molecule has 3 heteroatoms. The summed E-state index contributed by atoms with van der Waals surface area (Å²) in [7, 11) is 0. The Morgan fingerprint density at radius 1 is 0.952 bits per heavy atom. The molecule has 1 aromatic heterocycles. The minimum atomic E-state index is 0.681. The SMILES string of the molecule is Nc1ccc(CCCOc2cccc3cccnc23)cc1. The average molecular weight is 278 g/mol. The molecule has 3 rings (SSSR count). The Bertz CT molecular complexity index is 717. The summed E-state index contributed by atoms with van der Waals surface area (Å²) >= 11 is 0. The van der Waals surface area contributed by atoms with E-state index >= 15 is 0 Å². The van der Waals surface area contributed by atoms with Gasteiger partial charge in [0, 0.05) is 17.3 Å². The Hall–Kier alpha value is -2.55. The first-order valence-corrected chi connectivity index (χ1v) is 7.14. The molecule has 3 aromatic rings. The van der Waals surface area contributed by atoms with Crippen LogP contribution in [-0.2, 0) is 6.42 Å². The van der Waals surface area contributed by atoms with Crippen LogP contribution in [0.15, 0.2) is 60.8 Å². The first-order chi connectivity index (χ1) is 10.3. The molecule has 0 amide bonds. The standard InChI is InChI=1S/C18H18N2O/c19-16-10-8-14(9-11-16)4-3-13-21-17-7-1-5-15-6-2-12-20-18(15)17/h1-2,5-12H,3-4,13,19H2. The monoisotopic (exact) mass is 278 g/mol. The smallest absolute Gasteiger partial charge is 0.145 e. The van der Waals surface area contributed by atoms with E-state index in [4.69, 9.17) is 10.5 Å². The van der Waals surface area contributed by atoms with E-state index in [-0.39, 0.29) is 0 Å². The van der Waals surface area contributed by atoms with Crippen molar-refractivity contribution >= 4 is 16.6 Å². The Labute approximate surface area is 124 Å². The molecule has 0 spiro atoms. The molecule has 2 aromatic carbocycles.